The summed E-state index contributed by atoms with van der Waals surface area (Å²) in [6.45, 7) is 6.30. The number of carbonyl (C=O) groups excluding carboxylic acids is 2. The molecule has 0 aliphatic carbocycles. The minimum atomic E-state index is -0.796. The zero-order valence-corrected chi connectivity index (χ0v) is 35.8. The molecular weight excluding hydrogens is 683 g/mol. The molecule has 316 valence electrons. The molecule has 0 fully saturated rings. The molecule has 0 spiro atoms. The van der Waals surface area contributed by atoms with Gasteiger partial charge in [-0.2, -0.15) is 0 Å². The molecule has 0 aromatic rings. The van der Waals surface area contributed by atoms with Crippen molar-refractivity contribution in [3.05, 3.63) is 72.9 Å². The SMILES string of the molecule is CCC/C=C/C=C/C=C/C=C/C=C/CCCCCCCC(=O)OC(CCCCC/C=C\CCCC)CC(=O)NC(CO)C(O)CCCCCCCCCCC. The second-order valence-electron chi connectivity index (χ2n) is 15.2. The lowest BCUT2D eigenvalue weighted by atomic mass is 10.0. The Labute approximate surface area is 339 Å². The van der Waals surface area contributed by atoms with Crippen molar-refractivity contribution >= 4 is 11.9 Å². The Bertz CT molecular complexity index is 1040. The highest BCUT2D eigenvalue weighted by Gasteiger charge is 2.24. The first-order valence-electron chi connectivity index (χ1n) is 22.7. The molecule has 1 amide bonds. The summed E-state index contributed by atoms with van der Waals surface area (Å²) in [5, 5.41) is 23.5. The molecule has 6 heteroatoms. The van der Waals surface area contributed by atoms with E-state index in [0.717, 1.165) is 96.3 Å². The Morgan fingerprint density at radius 3 is 1.60 bits per heavy atom. The second-order valence-corrected chi connectivity index (χ2v) is 15.2. The van der Waals surface area contributed by atoms with Gasteiger partial charge in [-0.05, 0) is 64.2 Å². The molecular formula is C49H85NO5. The maximum Gasteiger partial charge on any atom is 0.306 e. The Hall–Kier alpha value is -2.70. The van der Waals surface area contributed by atoms with E-state index in [1.54, 1.807) is 0 Å². The lowest BCUT2D eigenvalue weighted by Gasteiger charge is -2.24. The topological polar surface area (TPSA) is 95.9 Å². The zero-order valence-electron chi connectivity index (χ0n) is 35.8. The van der Waals surface area contributed by atoms with Gasteiger partial charge in [0.25, 0.3) is 0 Å². The van der Waals surface area contributed by atoms with Gasteiger partial charge in [0.15, 0.2) is 0 Å². The average Bonchev–Trinajstić information content (AvgIpc) is 3.18. The van der Waals surface area contributed by atoms with Crippen LogP contribution in [-0.4, -0.2) is 46.9 Å². The van der Waals surface area contributed by atoms with Crippen LogP contribution < -0.4 is 5.32 Å². The predicted octanol–water partition coefficient (Wildman–Crippen LogP) is 13.1. The van der Waals surface area contributed by atoms with Crippen LogP contribution in [0.1, 0.15) is 201 Å². The Morgan fingerprint density at radius 1 is 0.527 bits per heavy atom. The number of rotatable bonds is 39. The van der Waals surface area contributed by atoms with Crippen molar-refractivity contribution in [2.24, 2.45) is 0 Å². The van der Waals surface area contributed by atoms with E-state index >= 15 is 0 Å². The molecule has 0 rings (SSSR count). The lowest BCUT2D eigenvalue weighted by Crippen LogP contribution is -2.46. The minimum absolute atomic E-state index is 0.0523. The smallest absolute Gasteiger partial charge is 0.306 e. The van der Waals surface area contributed by atoms with Crippen molar-refractivity contribution in [1.29, 1.82) is 0 Å². The van der Waals surface area contributed by atoms with Gasteiger partial charge >= 0.3 is 5.97 Å². The third kappa shape index (κ3) is 38.0. The first-order valence-corrected chi connectivity index (χ1v) is 22.7. The number of amides is 1. The number of nitrogens with one attached hydrogen (secondary N) is 1. The number of hydrogen-bond acceptors (Lipinski definition) is 5. The van der Waals surface area contributed by atoms with Gasteiger partial charge in [-0.25, -0.2) is 0 Å². The van der Waals surface area contributed by atoms with Gasteiger partial charge in [-0.15, -0.1) is 0 Å². The van der Waals surface area contributed by atoms with Gasteiger partial charge in [-0.3, -0.25) is 9.59 Å². The normalized spacial score (nSPS) is 14.1. The van der Waals surface area contributed by atoms with Crippen LogP contribution in [0.5, 0.6) is 0 Å². The molecule has 3 atom stereocenters. The Kier molecular flexibility index (Phi) is 40.4. The molecule has 0 heterocycles. The third-order valence-electron chi connectivity index (χ3n) is 9.87. The molecule has 0 bridgehead atoms. The number of aliphatic hydroxyl groups is 2. The van der Waals surface area contributed by atoms with E-state index in [-0.39, 0.29) is 24.9 Å². The van der Waals surface area contributed by atoms with Crippen LogP contribution in [0, 0.1) is 0 Å². The van der Waals surface area contributed by atoms with E-state index in [2.05, 4.69) is 74.7 Å². The van der Waals surface area contributed by atoms with E-state index in [9.17, 15) is 19.8 Å². The van der Waals surface area contributed by atoms with Gasteiger partial charge in [0, 0.05) is 6.42 Å². The summed E-state index contributed by atoms with van der Waals surface area (Å²) in [4.78, 5) is 25.9. The van der Waals surface area contributed by atoms with E-state index < -0.39 is 18.2 Å². The highest BCUT2D eigenvalue weighted by Crippen LogP contribution is 2.17. The first-order chi connectivity index (χ1) is 27.0. The maximum absolute atomic E-state index is 13.1. The average molecular weight is 768 g/mol. The summed E-state index contributed by atoms with van der Waals surface area (Å²) >= 11 is 0. The summed E-state index contributed by atoms with van der Waals surface area (Å²) < 4.78 is 5.87. The highest BCUT2D eigenvalue weighted by atomic mass is 16.5. The number of allylic oxidation sites excluding steroid dienone is 12. The largest absolute Gasteiger partial charge is 0.462 e. The molecule has 0 aromatic carbocycles. The standard InChI is InChI=1S/C49H85NO5/c1-4-7-10-13-16-19-20-21-22-23-24-25-26-27-30-33-36-39-42-49(54)55-45(40-37-34-31-28-17-14-11-8-5-2)43-48(53)50-46(44-51)47(52)41-38-35-32-29-18-15-12-9-6-3/h10,13-14,16-17,19-25,45-47,51-52H,4-9,11-12,15,18,26-44H2,1-3H3,(H,50,53)/b13-10+,17-14-,19-16+,21-20+,23-22+,25-24+. The number of esters is 1. The van der Waals surface area contributed by atoms with Crippen LogP contribution >= 0.6 is 0 Å². The molecule has 3 N–H and O–H groups in total. The van der Waals surface area contributed by atoms with Gasteiger partial charge in [0.05, 0.1) is 25.2 Å². The third-order valence-corrected chi connectivity index (χ3v) is 9.87. The van der Waals surface area contributed by atoms with Gasteiger partial charge in [0.2, 0.25) is 5.91 Å². The Morgan fingerprint density at radius 2 is 1.00 bits per heavy atom. The first kappa shape index (κ1) is 52.3. The number of carbonyl (C=O) groups is 2. The molecule has 3 unspecified atom stereocenters. The van der Waals surface area contributed by atoms with Gasteiger partial charge < -0.3 is 20.3 Å². The van der Waals surface area contributed by atoms with Gasteiger partial charge in [0.1, 0.15) is 6.10 Å². The van der Waals surface area contributed by atoms with E-state index in [1.165, 1.54) is 57.8 Å². The lowest BCUT2D eigenvalue weighted by molar-refractivity contribution is -0.151. The molecule has 0 saturated carbocycles. The van der Waals surface area contributed by atoms with Crippen LogP contribution in [0.25, 0.3) is 0 Å². The maximum atomic E-state index is 13.1. The van der Waals surface area contributed by atoms with Crippen molar-refractivity contribution in [2.75, 3.05) is 6.61 Å². The fourth-order valence-electron chi connectivity index (χ4n) is 6.38. The zero-order chi connectivity index (χ0) is 40.3. The predicted molar refractivity (Wildman–Crippen MR) is 236 cm³/mol. The summed E-state index contributed by atoms with van der Waals surface area (Å²) in [7, 11) is 0. The quantitative estimate of drug-likeness (QED) is 0.0250. The van der Waals surface area contributed by atoms with Crippen LogP contribution in [0.2, 0.25) is 0 Å². The fraction of sp³-hybridized carbons (Fsp3) is 0.714. The summed E-state index contributed by atoms with van der Waals surface area (Å²) in [5.41, 5.74) is 0. The molecule has 0 aliphatic rings. The monoisotopic (exact) mass is 768 g/mol. The molecule has 0 saturated heterocycles. The van der Waals surface area contributed by atoms with E-state index in [1.807, 2.05) is 24.3 Å². The van der Waals surface area contributed by atoms with Crippen LogP contribution in [-0.2, 0) is 14.3 Å². The highest BCUT2D eigenvalue weighted by molar-refractivity contribution is 5.77. The molecule has 6 nitrogen and oxygen atoms in total. The van der Waals surface area contributed by atoms with Crippen molar-refractivity contribution in [1.82, 2.24) is 5.32 Å². The summed E-state index contributed by atoms with van der Waals surface area (Å²) in [6.07, 6.45) is 52.5. The van der Waals surface area contributed by atoms with Crippen LogP contribution in [0.4, 0.5) is 0 Å². The van der Waals surface area contributed by atoms with Crippen molar-refractivity contribution in [2.45, 2.75) is 219 Å². The number of ether oxygens (including phenoxy) is 1. The molecule has 0 radical (unpaired) electrons. The molecule has 55 heavy (non-hydrogen) atoms. The minimum Gasteiger partial charge on any atom is -0.462 e. The van der Waals surface area contributed by atoms with Crippen LogP contribution in [0.15, 0.2) is 72.9 Å². The second kappa shape index (κ2) is 42.4. The van der Waals surface area contributed by atoms with Crippen LogP contribution in [0.3, 0.4) is 0 Å². The van der Waals surface area contributed by atoms with Crippen molar-refractivity contribution < 1.29 is 24.5 Å². The number of unbranched alkanes of at least 4 members (excludes halogenated alkanes) is 19. The number of aliphatic hydroxyl groups excluding tert-OH is 2. The molecule has 0 aromatic heterocycles. The van der Waals surface area contributed by atoms with E-state index in [0.29, 0.717) is 19.3 Å². The van der Waals surface area contributed by atoms with Crippen molar-refractivity contribution in [3.8, 4) is 0 Å². The van der Waals surface area contributed by atoms with Crippen molar-refractivity contribution in [3.63, 3.8) is 0 Å². The van der Waals surface area contributed by atoms with E-state index in [4.69, 9.17) is 4.74 Å². The Balaban J connectivity index is 4.59. The van der Waals surface area contributed by atoms with Gasteiger partial charge in [-0.1, -0.05) is 196 Å². The summed E-state index contributed by atoms with van der Waals surface area (Å²) in [6, 6.07) is -0.711. The summed E-state index contributed by atoms with van der Waals surface area (Å²) in [5.74, 6) is -0.529. The number of hydrogen-bond donors (Lipinski definition) is 3. The molecule has 0 aliphatic heterocycles. The fourth-order valence-corrected chi connectivity index (χ4v) is 6.38.